The fourth-order valence-corrected chi connectivity index (χ4v) is 1.90. The molecule has 0 saturated heterocycles. The van der Waals surface area contributed by atoms with Gasteiger partial charge in [0.2, 0.25) is 10.0 Å². The maximum atomic E-state index is 11.3. The molecule has 0 radical (unpaired) electrons. The number of nitrogens with one attached hydrogen (secondary N) is 1. The second kappa shape index (κ2) is 4.14. The van der Waals surface area contributed by atoms with Crippen LogP contribution in [0.4, 0.5) is 5.69 Å². The highest BCUT2D eigenvalue weighted by molar-refractivity contribution is 7.92. The zero-order valence-corrected chi connectivity index (χ0v) is 9.48. The summed E-state index contributed by atoms with van der Waals surface area (Å²) in [4.78, 5) is 3.80. The van der Waals surface area contributed by atoms with Gasteiger partial charge in [-0.05, 0) is 25.5 Å². The van der Waals surface area contributed by atoms with Gasteiger partial charge in [0.25, 0.3) is 0 Å². The quantitative estimate of drug-likeness (QED) is 0.812. The number of aryl methyl sites for hydroxylation is 1. The van der Waals surface area contributed by atoms with Crippen LogP contribution in [0.3, 0.4) is 0 Å². The summed E-state index contributed by atoms with van der Waals surface area (Å²) < 4.78 is 24.9. The summed E-state index contributed by atoms with van der Waals surface area (Å²) in [5.74, 6) is 0.0116. The van der Waals surface area contributed by atoms with Crippen molar-refractivity contribution >= 4 is 27.3 Å². The van der Waals surface area contributed by atoms with Crippen molar-refractivity contribution in [3.63, 3.8) is 0 Å². The highest BCUT2D eigenvalue weighted by Gasteiger charge is 2.12. The molecule has 1 rings (SSSR count). The Morgan fingerprint density at radius 2 is 2.21 bits per heavy atom. The van der Waals surface area contributed by atoms with Crippen molar-refractivity contribution < 1.29 is 8.42 Å². The van der Waals surface area contributed by atoms with Gasteiger partial charge in [-0.3, -0.25) is 4.72 Å². The molecule has 0 amide bonds. The Hall–Kier alpha value is -0.810. The number of hydrogen-bond donors (Lipinski definition) is 1. The van der Waals surface area contributed by atoms with Gasteiger partial charge in [-0.2, -0.15) is 0 Å². The summed E-state index contributed by atoms with van der Waals surface area (Å²) in [6, 6.07) is 1.69. The van der Waals surface area contributed by atoms with Crippen molar-refractivity contribution in [1.82, 2.24) is 4.98 Å². The summed E-state index contributed by atoms with van der Waals surface area (Å²) in [6.07, 6.45) is 1.53. The molecule has 1 N–H and O–H groups in total. The summed E-state index contributed by atoms with van der Waals surface area (Å²) in [7, 11) is -3.29. The first-order chi connectivity index (χ1) is 6.46. The molecule has 0 atom stereocenters. The van der Waals surface area contributed by atoms with Crippen LogP contribution >= 0.6 is 11.6 Å². The van der Waals surface area contributed by atoms with E-state index in [2.05, 4.69) is 9.71 Å². The maximum absolute atomic E-state index is 11.3. The molecule has 4 nitrogen and oxygen atoms in total. The van der Waals surface area contributed by atoms with E-state index in [0.29, 0.717) is 5.69 Å². The molecule has 1 heterocycles. The number of pyridine rings is 1. The van der Waals surface area contributed by atoms with E-state index in [4.69, 9.17) is 11.6 Å². The Kier molecular flexibility index (Phi) is 3.34. The van der Waals surface area contributed by atoms with Gasteiger partial charge >= 0.3 is 0 Å². The molecular formula is C8H11ClN2O2S. The molecule has 0 bridgehead atoms. The SMILES string of the molecule is CCS(=O)(=O)Nc1c(C)ccnc1Cl. The zero-order chi connectivity index (χ0) is 10.8. The van der Waals surface area contributed by atoms with E-state index in [1.807, 2.05) is 0 Å². The normalized spacial score (nSPS) is 11.4. The van der Waals surface area contributed by atoms with Crippen LogP contribution < -0.4 is 4.72 Å². The number of rotatable bonds is 3. The third kappa shape index (κ3) is 2.59. The minimum absolute atomic E-state index is 0.0116. The van der Waals surface area contributed by atoms with Gasteiger partial charge in [0.05, 0.1) is 11.4 Å². The van der Waals surface area contributed by atoms with E-state index >= 15 is 0 Å². The van der Waals surface area contributed by atoms with E-state index < -0.39 is 10.0 Å². The molecule has 1 aromatic heterocycles. The van der Waals surface area contributed by atoms with Crippen LogP contribution in [0.25, 0.3) is 0 Å². The molecule has 0 aromatic carbocycles. The van der Waals surface area contributed by atoms with Crippen molar-refractivity contribution in [2.45, 2.75) is 13.8 Å². The highest BCUT2D eigenvalue weighted by atomic mass is 35.5. The van der Waals surface area contributed by atoms with Crippen molar-refractivity contribution in [3.05, 3.63) is 23.0 Å². The molecule has 78 valence electrons. The lowest BCUT2D eigenvalue weighted by Crippen LogP contribution is -2.15. The first-order valence-corrected chi connectivity index (χ1v) is 6.11. The third-order valence-corrected chi connectivity index (χ3v) is 3.31. The van der Waals surface area contributed by atoms with E-state index in [1.54, 1.807) is 19.9 Å². The Bertz CT molecular complexity index is 411. The number of nitrogens with zero attached hydrogens (tertiary/aromatic N) is 1. The van der Waals surface area contributed by atoms with Crippen LogP contribution in [0.5, 0.6) is 0 Å². The second-order valence-electron chi connectivity index (χ2n) is 2.80. The summed E-state index contributed by atoms with van der Waals surface area (Å²) >= 11 is 5.75. The zero-order valence-electron chi connectivity index (χ0n) is 7.91. The van der Waals surface area contributed by atoms with Gasteiger partial charge in [-0.15, -0.1) is 0 Å². The van der Waals surface area contributed by atoms with E-state index in [9.17, 15) is 8.42 Å². The first-order valence-electron chi connectivity index (χ1n) is 4.08. The van der Waals surface area contributed by atoms with Crippen LogP contribution in [0.2, 0.25) is 5.15 Å². The van der Waals surface area contributed by atoms with Crippen LogP contribution in [0.1, 0.15) is 12.5 Å². The average molecular weight is 235 g/mol. The fourth-order valence-electron chi connectivity index (χ4n) is 0.875. The lowest BCUT2D eigenvalue weighted by atomic mass is 10.3. The predicted octanol–water partition coefficient (Wildman–Crippen LogP) is 1.81. The number of halogens is 1. The molecule has 0 aliphatic rings. The van der Waals surface area contributed by atoms with E-state index in [0.717, 1.165) is 5.56 Å². The topological polar surface area (TPSA) is 59.1 Å². The standard InChI is InChI=1S/C8H11ClN2O2S/c1-3-14(12,13)11-7-6(2)4-5-10-8(7)9/h4-5,11H,3H2,1-2H3. The van der Waals surface area contributed by atoms with Crippen molar-refractivity contribution in [2.24, 2.45) is 0 Å². The maximum Gasteiger partial charge on any atom is 0.232 e. The molecule has 0 spiro atoms. The largest absolute Gasteiger partial charge is 0.280 e. The average Bonchev–Trinajstić information content (AvgIpc) is 2.12. The third-order valence-electron chi connectivity index (χ3n) is 1.75. The molecule has 0 fully saturated rings. The summed E-state index contributed by atoms with van der Waals surface area (Å²) in [6.45, 7) is 3.32. The molecule has 0 aliphatic heterocycles. The lowest BCUT2D eigenvalue weighted by Gasteiger charge is -2.09. The van der Waals surface area contributed by atoms with Crippen molar-refractivity contribution in [3.8, 4) is 0 Å². The lowest BCUT2D eigenvalue weighted by molar-refractivity contribution is 0.602. The number of hydrogen-bond acceptors (Lipinski definition) is 3. The molecule has 0 unspecified atom stereocenters. The van der Waals surface area contributed by atoms with Crippen LogP contribution in [0, 0.1) is 6.92 Å². The smallest absolute Gasteiger partial charge is 0.232 e. The van der Waals surface area contributed by atoms with Gasteiger partial charge in [-0.25, -0.2) is 13.4 Å². The Balaban J connectivity index is 3.09. The monoisotopic (exact) mass is 234 g/mol. The van der Waals surface area contributed by atoms with Crippen molar-refractivity contribution in [2.75, 3.05) is 10.5 Å². The molecule has 0 aliphatic carbocycles. The minimum Gasteiger partial charge on any atom is -0.280 e. The van der Waals surface area contributed by atoms with Crippen LogP contribution in [-0.4, -0.2) is 19.2 Å². The second-order valence-corrected chi connectivity index (χ2v) is 5.17. The molecule has 0 saturated carbocycles. The van der Waals surface area contributed by atoms with Gasteiger partial charge in [0.15, 0.2) is 5.15 Å². The first kappa shape index (κ1) is 11.3. The van der Waals surface area contributed by atoms with Gasteiger partial charge < -0.3 is 0 Å². The van der Waals surface area contributed by atoms with Gasteiger partial charge in [0.1, 0.15) is 0 Å². The minimum atomic E-state index is -3.29. The number of anilines is 1. The highest BCUT2D eigenvalue weighted by Crippen LogP contribution is 2.23. The molecular weight excluding hydrogens is 224 g/mol. The van der Waals surface area contributed by atoms with Gasteiger partial charge in [-0.1, -0.05) is 11.6 Å². The molecule has 1 aromatic rings. The van der Waals surface area contributed by atoms with E-state index in [-0.39, 0.29) is 10.9 Å². The summed E-state index contributed by atoms with van der Waals surface area (Å²) in [5, 5.41) is 0.169. The fraction of sp³-hybridized carbons (Fsp3) is 0.375. The van der Waals surface area contributed by atoms with Crippen molar-refractivity contribution in [1.29, 1.82) is 0 Å². The van der Waals surface area contributed by atoms with Crippen LogP contribution in [0.15, 0.2) is 12.3 Å². The Morgan fingerprint density at radius 1 is 1.57 bits per heavy atom. The molecule has 6 heteroatoms. The summed E-state index contributed by atoms with van der Waals surface area (Å²) in [5.41, 5.74) is 1.11. The van der Waals surface area contributed by atoms with Gasteiger partial charge in [0, 0.05) is 6.20 Å². The predicted molar refractivity (Wildman–Crippen MR) is 57.1 cm³/mol. The number of aromatic nitrogens is 1. The molecule has 14 heavy (non-hydrogen) atoms. The number of sulfonamides is 1. The Morgan fingerprint density at radius 3 is 2.71 bits per heavy atom. The van der Waals surface area contributed by atoms with E-state index in [1.165, 1.54) is 6.20 Å². The van der Waals surface area contributed by atoms with Crippen LogP contribution in [-0.2, 0) is 10.0 Å². The Labute approximate surface area is 88.4 Å².